The number of nitrogens with zero attached hydrogens (tertiary/aromatic N) is 4. The van der Waals surface area contributed by atoms with Gasteiger partial charge in [-0.25, -0.2) is 15.0 Å². The molecule has 2 aromatic heterocycles. The van der Waals surface area contributed by atoms with Crippen molar-refractivity contribution in [2.24, 2.45) is 0 Å². The first-order chi connectivity index (χ1) is 33.5. The van der Waals surface area contributed by atoms with Crippen molar-refractivity contribution < 1.29 is 4.42 Å². The molecule has 0 atom stereocenters. The number of benzene rings is 7. The van der Waals surface area contributed by atoms with Crippen molar-refractivity contribution >= 4 is 228 Å². The fourth-order valence-corrected chi connectivity index (χ4v) is 8.58. The quantitative estimate of drug-likeness (QED) is 0.115. The Bertz CT molecular complexity index is 3570. The molecule has 7 aromatic carbocycles. The number of fused-ring (bicyclic) bond motifs is 2. The number of anilines is 3. The van der Waals surface area contributed by atoms with Crippen LogP contribution in [0.1, 0.15) is 11.3 Å². The molecule has 0 N–H and O–H groups in total. The predicted octanol–water partition coefficient (Wildman–Crippen LogP) is -2.99. The Morgan fingerprint density at radius 2 is 0.971 bits per heavy atom. The number of para-hydroxylation sites is 1. The van der Waals surface area contributed by atoms with Crippen molar-refractivity contribution in [3.8, 4) is 57.6 Å². The SMILES string of the molecule is [B]C/C([B])=C(/[B])c1oc2c([B])c(-c3ccc(N(c4ccccc4)c4cccc5ccccc45)cc3)c([B])c(-c3nc(-c4c([B])c([B])c([B])c([B])c4[B])nc(-c4c([B])c([B])c([B])c([B])c4[B])n3)c2c1C#C. The highest BCUT2D eigenvalue weighted by Crippen LogP contribution is 2.41. The third-order valence-corrected chi connectivity index (χ3v) is 12.3. The summed E-state index contributed by atoms with van der Waals surface area (Å²) in [6.45, 7) is 0. The topological polar surface area (TPSA) is 55.1 Å². The van der Waals surface area contributed by atoms with E-state index in [0.717, 1.165) is 27.8 Å². The maximum Gasteiger partial charge on any atom is 0.164 e. The molecule has 0 aliphatic heterocycles. The normalized spacial score (nSPS) is 11.7. The second kappa shape index (κ2) is 19.0. The van der Waals surface area contributed by atoms with Gasteiger partial charge in [-0.1, -0.05) is 112 Å². The summed E-state index contributed by atoms with van der Waals surface area (Å²) < 4.78 is 6.50. The van der Waals surface area contributed by atoms with Crippen LogP contribution in [0.5, 0.6) is 0 Å². The summed E-state index contributed by atoms with van der Waals surface area (Å²) in [5.41, 5.74) is 2.90. The molecule has 0 unspecified atom stereocenters. The van der Waals surface area contributed by atoms with E-state index in [9.17, 15) is 0 Å². The van der Waals surface area contributed by atoms with Crippen LogP contribution in [0.4, 0.5) is 17.1 Å². The molecule has 5 nitrogen and oxygen atoms in total. The number of hydrogen-bond donors (Lipinski definition) is 0. The van der Waals surface area contributed by atoms with E-state index >= 15 is 0 Å². The molecule has 0 amide bonds. The molecule has 0 fully saturated rings. The van der Waals surface area contributed by atoms with Gasteiger partial charge in [0.2, 0.25) is 0 Å². The van der Waals surface area contributed by atoms with Gasteiger partial charge in [0.15, 0.2) is 17.5 Å². The lowest BCUT2D eigenvalue weighted by molar-refractivity contribution is 0.603. The Kier molecular flexibility index (Phi) is 13.1. The van der Waals surface area contributed by atoms with Crippen LogP contribution in [0.15, 0.2) is 107 Å². The largest absolute Gasteiger partial charge is 0.457 e. The molecule has 0 aliphatic carbocycles. The van der Waals surface area contributed by atoms with Gasteiger partial charge in [0, 0.05) is 38.8 Å². The molecule has 2 heterocycles. The minimum absolute atomic E-state index is 0.0224. The average Bonchev–Trinajstić information content (AvgIpc) is 3.76. The first kappa shape index (κ1) is 48.4. The third-order valence-electron chi connectivity index (χ3n) is 12.3. The zero-order valence-electron chi connectivity index (χ0n) is 37.4. The number of allylic oxidation sites excluding steroid dienone is 1. The van der Waals surface area contributed by atoms with Gasteiger partial charge >= 0.3 is 0 Å². The molecular formula is C50H19B15N4O. The van der Waals surface area contributed by atoms with Gasteiger partial charge in [-0.15, -0.1) is 44.7 Å². The summed E-state index contributed by atoms with van der Waals surface area (Å²) in [5, 5.41) is 2.27. The van der Waals surface area contributed by atoms with Crippen LogP contribution in [0.3, 0.4) is 0 Å². The van der Waals surface area contributed by atoms with Crippen LogP contribution in [0, 0.1) is 12.3 Å². The standard InChI is InChI=1S/C50H19B15N4O/c1-2-24-29-30(48-66-49(31-35(55)40(60)44(64)41(61)36(31)56)68-50(67-48)32-37(57)42(62)45(65)43(63)38(32)58)34(54)28(39(59)47(29)70-46(24)33(53)26(52)19-51)21-15-17-23(18-16-21)69(22-11-4-3-5-12-22)27-14-8-10-20-9-6-7-13-25(20)27/h1,3-18H,19H2/b33-26-. The summed E-state index contributed by atoms with van der Waals surface area (Å²) in [7, 11) is 97.6. The van der Waals surface area contributed by atoms with Gasteiger partial charge in [-0.3, -0.25) is 0 Å². The second-order valence-electron chi connectivity index (χ2n) is 16.3. The molecule has 9 rings (SSSR count). The fourth-order valence-electron chi connectivity index (χ4n) is 8.58. The van der Waals surface area contributed by atoms with Crippen molar-refractivity contribution in [2.75, 3.05) is 4.90 Å². The molecule has 9 aromatic rings. The molecule has 0 aliphatic rings. The Labute approximate surface area is 427 Å². The number of rotatable bonds is 9. The lowest BCUT2D eigenvalue weighted by atomic mass is 9.60. The van der Waals surface area contributed by atoms with E-state index in [1.165, 1.54) is 0 Å². The van der Waals surface area contributed by atoms with Crippen molar-refractivity contribution in [3.63, 3.8) is 0 Å². The van der Waals surface area contributed by atoms with E-state index in [2.05, 4.69) is 35.1 Å². The van der Waals surface area contributed by atoms with Crippen LogP contribution >= 0.6 is 0 Å². The molecule has 0 spiro atoms. The highest BCUT2D eigenvalue weighted by Gasteiger charge is 2.29. The number of aromatic nitrogens is 3. The van der Waals surface area contributed by atoms with Crippen LogP contribution in [-0.4, -0.2) is 133 Å². The second-order valence-corrected chi connectivity index (χ2v) is 16.3. The smallest absolute Gasteiger partial charge is 0.164 e. The van der Waals surface area contributed by atoms with Crippen LogP contribution < -0.4 is 70.5 Å². The maximum atomic E-state index is 7.38. The van der Waals surface area contributed by atoms with Crippen molar-refractivity contribution in [1.82, 2.24) is 15.0 Å². The highest BCUT2D eigenvalue weighted by molar-refractivity contribution is 6.70. The monoisotopic (exact) mass is 856 g/mol. The molecule has 0 saturated heterocycles. The predicted molar refractivity (Wildman–Crippen MR) is 305 cm³/mol. The highest BCUT2D eigenvalue weighted by atomic mass is 16.3. The van der Waals surface area contributed by atoms with E-state index in [0.29, 0.717) is 11.1 Å². The van der Waals surface area contributed by atoms with Crippen LogP contribution in [0.2, 0.25) is 6.32 Å². The number of terminal acetylenes is 1. The van der Waals surface area contributed by atoms with Crippen molar-refractivity contribution in [3.05, 3.63) is 114 Å². The summed E-state index contributed by atoms with van der Waals surface area (Å²) in [4.78, 5) is 16.7. The average molecular weight is 854 g/mol. The molecular weight excluding hydrogens is 835 g/mol. The molecule has 0 bridgehead atoms. The third kappa shape index (κ3) is 7.91. The molecule has 70 heavy (non-hydrogen) atoms. The van der Waals surface area contributed by atoms with Crippen LogP contribution in [0.25, 0.3) is 72.5 Å². The minimum Gasteiger partial charge on any atom is -0.457 e. The molecule has 0 saturated carbocycles. The zero-order chi connectivity index (χ0) is 50.0. The Balaban J connectivity index is 1.37. The lowest BCUT2D eigenvalue weighted by Gasteiger charge is -2.27. The zero-order valence-corrected chi connectivity index (χ0v) is 37.4. The molecule has 20 heteroatoms. The van der Waals surface area contributed by atoms with Gasteiger partial charge in [-0.05, 0) is 52.3 Å². The Morgan fingerprint density at radius 3 is 1.50 bits per heavy atom. The van der Waals surface area contributed by atoms with Crippen LogP contribution in [-0.2, 0) is 0 Å². The first-order valence-electron chi connectivity index (χ1n) is 21.3. The first-order valence-corrected chi connectivity index (χ1v) is 21.3. The van der Waals surface area contributed by atoms with E-state index in [-0.39, 0.29) is 139 Å². The van der Waals surface area contributed by atoms with Gasteiger partial charge < -0.3 is 9.32 Å². The maximum absolute atomic E-state index is 7.38. The Hall–Kier alpha value is -6.58. The van der Waals surface area contributed by atoms with E-state index in [1.54, 1.807) is 0 Å². The molecule has 30 radical (unpaired) electrons. The van der Waals surface area contributed by atoms with E-state index in [1.807, 2.05) is 72.8 Å². The van der Waals surface area contributed by atoms with Gasteiger partial charge in [0.05, 0.1) is 19.1 Å². The number of hydrogen-bond acceptors (Lipinski definition) is 5. The summed E-state index contributed by atoms with van der Waals surface area (Å²) in [6.07, 6.45) is 6.15. The van der Waals surface area contributed by atoms with Crippen molar-refractivity contribution in [1.29, 1.82) is 0 Å². The lowest BCUT2D eigenvalue weighted by Crippen LogP contribution is -2.55. The van der Waals surface area contributed by atoms with Crippen molar-refractivity contribution in [2.45, 2.75) is 6.32 Å². The molecule has 290 valence electrons. The van der Waals surface area contributed by atoms with E-state index in [4.69, 9.17) is 143 Å². The fraction of sp³-hybridized carbons (Fsp3) is 0.0200. The van der Waals surface area contributed by atoms with Gasteiger partial charge in [0.25, 0.3) is 0 Å². The summed E-state index contributed by atoms with van der Waals surface area (Å²) in [5.74, 6) is 2.10. The van der Waals surface area contributed by atoms with Gasteiger partial charge in [-0.2, -0.15) is 0 Å². The summed E-state index contributed by atoms with van der Waals surface area (Å²) >= 11 is 0. The minimum atomic E-state index is -0.191. The van der Waals surface area contributed by atoms with E-state index < -0.39 is 0 Å². The number of furan rings is 1. The van der Waals surface area contributed by atoms with Gasteiger partial charge in [0.1, 0.15) is 121 Å². The summed E-state index contributed by atoms with van der Waals surface area (Å²) in [6, 6.07) is 31.9. The Morgan fingerprint density at radius 1 is 0.500 bits per heavy atom.